The minimum absolute atomic E-state index is 0.0766. The third-order valence-corrected chi connectivity index (χ3v) is 3.36. The van der Waals surface area contributed by atoms with Crippen LogP contribution in [-0.2, 0) is 9.53 Å². The molecule has 0 saturated carbocycles. The number of Topliss-reactive ketones (excluding diaryl/α,β-unsaturated/α-hetero) is 1. The second-order valence-electron chi connectivity index (χ2n) is 4.45. The minimum Gasteiger partial charge on any atom is -0.469 e. The van der Waals surface area contributed by atoms with E-state index in [-0.39, 0.29) is 11.7 Å². The molecule has 0 spiro atoms. The van der Waals surface area contributed by atoms with Crippen molar-refractivity contribution in [2.75, 3.05) is 0 Å². The third kappa shape index (κ3) is 1.80. The fraction of sp³-hybridized carbons (Fsp3) is 0.267. The van der Waals surface area contributed by atoms with Gasteiger partial charge >= 0.3 is 0 Å². The predicted octanol–water partition coefficient (Wildman–Crippen LogP) is 3.32. The summed E-state index contributed by atoms with van der Waals surface area (Å²) in [5.74, 6) is 1.19. The monoisotopic (exact) mass is 226 g/mol. The smallest absolute Gasteiger partial charge is 0.163 e. The highest BCUT2D eigenvalue weighted by molar-refractivity contribution is 5.98. The van der Waals surface area contributed by atoms with Crippen LogP contribution in [0.3, 0.4) is 0 Å². The van der Waals surface area contributed by atoms with Crippen molar-refractivity contribution < 1.29 is 9.53 Å². The van der Waals surface area contributed by atoms with Gasteiger partial charge in [0.25, 0.3) is 0 Å². The van der Waals surface area contributed by atoms with Gasteiger partial charge in [-0.15, -0.1) is 0 Å². The van der Waals surface area contributed by atoms with E-state index in [1.807, 2.05) is 24.3 Å². The highest BCUT2D eigenvalue weighted by Gasteiger charge is 2.30. The summed E-state index contributed by atoms with van der Waals surface area (Å²) in [6.45, 7) is 0. The van der Waals surface area contributed by atoms with Gasteiger partial charge in [-0.25, -0.2) is 0 Å². The number of carbonyl (C=O) groups excluding carboxylic acids is 1. The molecule has 2 heteroatoms. The Labute approximate surface area is 101 Å². The van der Waals surface area contributed by atoms with Gasteiger partial charge < -0.3 is 4.74 Å². The molecule has 0 fully saturated rings. The van der Waals surface area contributed by atoms with Crippen LogP contribution in [0, 0.1) is 0 Å². The molecular formula is C15H14O2. The van der Waals surface area contributed by atoms with E-state index in [9.17, 15) is 4.79 Å². The van der Waals surface area contributed by atoms with Crippen molar-refractivity contribution in [3.8, 4) is 0 Å². The maximum Gasteiger partial charge on any atom is 0.163 e. The first kappa shape index (κ1) is 10.3. The lowest BCUT2D eigenvalue weighted by atomic mass is 9.82. The Kier molecular flexibility index (Phi) is 2.56. The molecule has 2 aliphatic rings. The number of carbonyl (C=O) groups is 1. The Morgan fingerprint density at radius 1 is 1.12 bits per heavy atom. The molecule has 1 aromatic carbocycles. The molecule has 86 valence electrons. The number of ether oxygens (including phenoxy) is 1. The number of hydrogen-bond donors (Lipinski definition) is 0. The summed E-state index contributed by atoms with van der Waals surface area (Å²) in [6.07, 6.45) is 6.13. The quantitative estimate of drug-likeness (QED) is 0.734. The Morgan fingerprint density at radius 3 is 2.76 bits per heavy atom. The number of allylic oxidation sites excluding steroid dienone is 3. The highest BCUT2D eigenvalue weighted by Crippen LogP contribution is 2.37. The third-order valence-electron chi connectivity index (χ3n) is 3.36. The van der Waals surface area contributed by atoms with Crippen LogP contribution in [0.1, 0.15) is 30.7 Å². The van der Waals surface area contributed by atoms with Gasteiger partial charge in [0.1, 0.15) is 5.76 Å². The van der Waals surface area contributed by atoms with Crippen molar-refractivity contribution in [3.63, 3.8) is 0 Å². The molecule has 1 atom stereocenters. The first-order chi connectivity index (χ1) is 8.36. The maximum atomic E-state index is 12.0. The zero-order chi connectivity index (χ0) is 11.7. The zero-order valence-electron chi connectivity index (χ0n) is 9.56. The molecule has 0 amide bonds. The van der Waals surface area contributed by atoms with Crippen molar-refractivity contribution in [2.24, 2.45) is 0 Å². The van der Waals surface area contributed by atoms with Crippen LogP contribution in [-0.4, -0.2) is 5.78 Å². The number of ketones is 1. The van der Waals surface area contributed by atoms with Crippen molar-refractivity contribution in [2.45, 2.75) is 25.2 Å². The molecule has 3 rings (SSSR count). The Hall–Kier alpha value is -1.83. The SMILES string of the molecule is O=C1CCCC2=C1C(c1ccccc1)C=CO2. The van der Waals surface area contributed by atoms with Gasteiger partial charge in [-0.3, -0.25) is 4.79 Å². The zero-order valence-corrected chi connectivity index (χ0v) is 9.56. The average molecular weight is 226 g/mol. The normalized spacial score (nSPS) is 23.3. The van der Waals surface area contributed by atoms with Crippen molar-refractivity contribution in [1.29, 1.82) is 0 Å². The Bertz CT molecular complexity index is 497. The second kappa shape index (κ2) is 4.21. The molecular weight excluding hydrogens is 212 g/mol. The summed E-state index contributed by atoms with van der Waals surface area (Å²) < 4.78 is 5.48. The van der Waals surface area contributed by atoms with Gasteiger partial charge in [0.15, 0.2) is 5.78 Å². The van der Waals surface area contributed by atoms with E-state index in [0.29, 0.717) is 6.42 Å². The van der Waals surface area contributed by atoms with Crippen LogP contribution in [0.15, 0.2) is 54.0 Å². The van der Waals surface area contributed by atoms with Gasteiger partial charge in [-0.1, -0.05) is 30.3 Å². The molecule has 17 heavy (non-hydrogen) atoms. The molecule has 1 unspecified atom stereocenters. The lowest BCUT2D eigenvalue weighted by Crippen LogP contribution is -2.20. The van der Waals surface area contributed by atoms with Crippen LogP contribution in [0.4, 0.5) is 0 Å². The molecule has 0 saturated heterocycles. The van der Waals surface area contributed by atoms with E-state index in [0.717, 1.165) is 29.7 Å². The summed E-state index contributed by atoms with van der Waals surface area (Å²) in [4.78, 5) is 12.0. The van der Waals surface area contributed by atoms with E-state index in [4.69, 9.17) is 4.74 Å². The van der Waals surface area contributed by atoms with Crippen LogP contribution in [0.25, 0.3) is 0 Å². The molecule has 1 aromatic rings. The second-order valence-corrected chi connectivity index (χ2v) is 4.45. The minimum atomic E-state index is 0.0766. The standard InChI is InChI=1S/C15H14O2/c16-13-7-4-8-14-15(13)12(9-10-17-14)11-5-2-1-3-6-11/h1-3,5-6,9-10,12H,4,7-8H2. The van der Waals surface area contributed by atoms with Crippen LogP contribution in [0.2, 0.25) is 0 Å². The topological polar surface area (TPSA) is 26.3 Å². The van der Waals surface area contributed by atoms with Gasteiger partial charge in [-0.05, 0) is 18.1 Å². The molecule has 1 aliphatic heterocycles. The van der Waals surface area contributed by atoms with Crippen molar-refractivity contribution in [1.82, 2.24) is 0 Å². The predicted molar refractivity (Wildman–Crippen MR) is 65.3 cm³/mol. The molecule has 2 nitrogen and oxygen atoms in total. The highest BCUT2D eigenvalue weighted by atomic mass is 16.5. The van der Waals surface area contributed by atoms with E-state index >= 15 is 0 Å². The molecule has 0 bridgehead atoms. The number of hydrogen-bond acceptors (Lipinski definition) is 2. The lowest BCUT2D eigenvalue weighted by Gasteiger charge is -2.27. The van der Waals surface area contributed by atoms with Gasteiger partial charge in [0, 0.05) is 24.3 Å². The molecule has 1 aliphatic carbocycles. The molecule has 0 radical (unpaired) electrons. The summed E-state index contributed by atoms with van der Waals surface area (Å²) in [5, 5.41) is 0. The van der Waals surface area contributed by atoms with Gasteiger partial charge in [-0.2, -0.15) is 0 Å². The fourth-order valence-electron chi connectivity index (χ4n) is 2.54. The number of rotatable bonds is 1. The molecule has 1 heterocycles. The van der Waals surface area contributed by atoms with Crippen molar-refractivity contribution >= 4 is 5.78 Å². The van der Waals surface area contributed by atoms with Crippen molar-refractivity contribution in [3.05, 3.63) is 59.6 Å². The van der Waals surface area contributed by atoms with Crippen LogP contribution < -0.4 is 0 Å². The Balaban J connectivity index is 2.04. The summed E-state index contributed by atoms with van der Waals surface area (Å²) in [5.41, 5.74) is 2.03. The number of benzene rings is 1. The van der Waals surface area contributed by atoms with Gasteiger partial charge in [0.2, 0.25) is 0 Å². The van der Waals surface area contributed by atoms with E-state index in [1.54, 1.807) is 6.26 Å². The van der Waals surface area contributed by atoms with E-state index < -0.39 is 0 Å². The summed E-state index contributed by atoms with van der Waals surface area (Å²) >= 11 is 0. The summed E-state index contributed by atoms with van der Waals surface area (Å²) in [6, 6.07) is 10.1. The fourth-order valence-corrected chi connectivity index (χ4v) is 2.54. The van der Waals surface area contributed by atoms with Crippen LogP contribution >= 0.6 is 0 Å². The van der Waals surface area contributed by atoms with E-state index in [2.05, 4.69) is 12.1 Å². The largest absolute Gasteiger partial charge is 0.469 e. The van der Waals surface area contributed by atoms with E-state index in [1.165, 1.54) is 0 Å². The lowest BCUT2D eigenvalue weighted by molar-refractivity contribution is -0.116. The first-order valence-corrected chi connectivity index (χ1v) is 6.01. The summed E-state index contributed by atoms with van der Waals surface area (Å²) in [7, 11) is 0. The van der Waals surface area contributed by atoms with Gasteiger partial charge in [0.05, 0.1) is 6.26 Å². The maximum absolute atomic E-state index is 12.0. The molecule has 0 N–H and O–H groups in total. The molecule has 0 aromatic heterocycles. The Morgan fingerprint density at radius 2 is 1.94 bits per heavy atom. The van der Waals surface area contributed by atoms with Crippen LogP contribution in [0.5, 0.6) is 0 Å². The first-order valence-electron chi connectivity index (χ1n) is 6.01. The average Bonchev–Trinajstić information content (AvgIpc) is 2.39.